The Morgan fingerprint density at radius 1 is 1.29 bits per heavy atom. The van der Waals surface area contributed by atoms with Crippen LogP contribution in [0.3, 0.4) is 0 Å². The number of hydrogen-bond acceptors (Lipinski definition) is 3. The van der Waals surface area contributed by atoms with Crippen LogP contribution in [0.5, 0.6) is 5.75 Å². The largest absolute Gasteiger partial charge is 0.415 e. The highest BCUT2D eigenvalue weighted by molar-refractivity contribution is 9.10. The average Bonchev–Trinajstić information content (AvgIpc) is 2.45. The minimum absolute atomic E-state index is 0.0747. The number of Topliss-reactive ketones (excluding diaryl/α,β-unsaturated/α-hetero) is 1. The molecule has 2 aliphatic rings. The molecule has 0 bridgehead atoms. The molecule has 1 heterocycles. The Morgan fingerprint density at radius 2 is 2.05 bits per heavy atom. The average molecular weight is 352 g/mol. The highest BCUT2D eigenvalue weighted by Crippen LogP contribution is 2.44. The molecule has 1 aliphatic heterocycles. The lowest BCUT2D eigenvalue weighted by molar-refractivity contribution is -0.130. The molecule has 1 aromatic carbocycles. The van der Waals surface area contributed by atoms with Crippen molar-refractivity contribution >= 4 is 27.8 Å². The quantitative estimate of drug-likeness (QED) is 0.769. The van der Waals surface area contributed by atoms with E-state index in [9.17, 15) is 9.59 Å². The van der Waals surface area contributed by atoms with E-state index in [1.165, 1.54) is 0 Å². The van der Waals surface area contributed by atoms with Crippen LogP contribution in [0.15, 0.2) is 22.7 Å². The van der Waals surface area contributed by atoms with E-state index < -0.39 is 0 Å². The monoisotopic (exact) mass is 351 g/mol. The maximum atomic E-state index is 12.6. The van der Waals surface area contributed by atoms with E-state index in [4.69, 9.17) is 4.74 Å². The van der Waals surface area contributed by atoms with E-state index in [2.05, 4.69) is 15.9 Å². The van der Waals surface area contributed by atoms with Crippen LogP contribution in [0.1, 0.15) is 37.8 Å². The van der Waals surface area contributed by atoms with E-state index in [0.717, 1.165) is 29.3 Å². The number of rotatable bonds is 1. The van der Waals surface area contributed by atoms with Crippen LogP contribution in [-0.2, 0) is 4.79 Å². The number of fused-ring (bicyclic) bond motifs is 1. The Hall–Kier alpha value is -1.36. The number of amides is 1. The van der Waals surface area contributed by atoms with Gasteiger partial charge in [-0.3, -0.25) is 4.79 Å². The molecule has 1 saturated carbocycles. The molecule has 0 N–H and O–H groups in total. The van der Waals surface area contributed by atoms with Crippen molar-refractivity contribution in [3.05, 3.63) is 28.2 Å². The van der Waals surface area contributed by atoms with Crippen molar-refractivity contribution in [2.75, 3.05) is 7.05 Å². The first-order valence-electron chi connectivity index (χ1n) is 7.27. The van der Waals surface area contributed by atoms with Gasteiger partial charge in [0.25, 0.3) is 0 Å². The second-order valence-corrected chi connectivity index (χ2v) is 6.86. The number of ketones is 1. The lowest BCUT2D eigenvalue weighted by Gasteiger charge is -2.40. The number of hydrogen-bond donors (Lipinski definition) is 0. The standard InChI is InChI=1S/C16H18BrNO3/c1-9-4-3-5-11(15(9)19)14-12-8-10(17)6-7-13(12)21-16(20)18(14)2/h6-9,11,14H,3-5H2,1-2H3. The number of carbonyl (C=O) groups is 2. The van der Waals surface area contributed by atoms with Gasteiger partial charge >= 0.3 is 6.09 Å². The van der Waals surface area contributed by atoms with Crippen LogP contribution in [0.4, 0.5) is 4.79 Å². The molecule has 3 atom stereocenters. The topological polar surface area (TPSA) is 46.6 Å². The van der Waals surface area contributed by atoms with Gasteiger partial charge in [0.2, 0.25) is 0 Å². The smallest absolute Gasteiger partial charge is 0.410 e. The van der Waals surface area contributed by atoms with Gasteiger partial charge in [-0.2, -0.15) is 0 Å². The van der Waals surface area contributed by atoms with Crippen LogP contribution in [0, 0.1) is 11.8 Å². The summed E-state index contributed by atoms with van der Waals surface area (Å²) in [7, 11) is 1.71. The normalized spacial score (nSPS) is 29.1. The molecule has 1 aliphatic carbocycles. The van der Waals surface area contributed by atoms with Crippen molar-refractivity contribution in [1.82, 2.24) is 4.90 Å². The molecule has 5 heteroatoms. The lowest BCUT2D eigenvalue weighted by atomic mass is 9.75. The zero-order valence-electron chi connectivity index (χ0n) is 12.1. The zero-order valence-corrected chi connectivity index (χ0v) is 13.7. The van der Waals surface area contributed by atoms with Crippen molar-refractivity contribution in [2.24, 2.45) is 11.8 Å². The molecule has 0 aromatic heterocycles. The Bertz CT molecular complexity index is 601. The van der Waals surface area contributed by atoms with Crippen molar-refractivity contribution < 1.29 is 14.3 Å². The Labute approximate surface area is 132 Å². The van der Waals surface area contributed by atoms with Gasteiger partial charge in [-0.25, -0.2) is 4.79 Å². The van der Waals surface area contributed by atoms with Gasteiger partial charge in [0.05, 0.1) is 6.04 Å². The summed E-state index contributed by atoms with van der Waals surface area (Å²) in [6, 6.07) is 5.36. The molecule has 21 heavy (non-hydrogen) atoms. The third kappa shape index (κ3) is 2.48. The van der Waals surface area contributed by atoms with E-state index in [0.29, 0.717) is 5.75 Å². The summed E-state index contributed by atoms with van der Waals surface area (Å²) in [6.07, 6.45) is 2.42. The van der Waals surface area contributed by atoms with Crippen LogP contribution in [0.2, 0.25) is 0 Å². The summed E-state index contributed by atoms with van der Waals surface area (Å²) in [6.45, 7) is 1.98. The number of nitrogens with zero attached hydrogens (tertiary/aromatic N) is 1. The van der Waals surface area contributed by atoms with Gasteiger partial charge in [0.15, 0.2) is 0 Å². The molecular formula is C16H18BrNO3. The number of halogens is 1. The minimum atomic E-state index is -0.388. The van der Waals surface area contributed by atoms with E-state index in [1.807, 2.05) is 19.1 Å². The summed E-state index contributed by atoms with van der Waals surface area (Å²) in [4.78, 5) is 26.2. The van der Waals surface area contributed by atoms with Crippen LogP contribution < -0.4 is 4.74 Å². The van der Waals surface area contributed by atoms with Crippen LogP contribution in [-0.4, -0.2) is 23.8 Å². The molecule has 3 rings (SSSR count). The van der Waals surface area contributed by atoms with Gasteiger partial charge < -0.3 is 9.64 Å². The van der Waals surface area contributed by atoms with Gasteiger partial charge in [0.1, 0.15) is 11.5 Å². The molecular weight excluding hydrogens is 334 g/mol. The molecule has 0 radical (unpaired) electrons. The highest BCUT2D eigenvalue weighted by atomic mass is 79.9. The maximum Gasteiger partial charge on any atom is 0.415 e. The summed E-state index contributed by atoms with van der Waals surface area (Å²) >= 11 is 3.46. The van der Waals surface area contributed by atoms with Gasteiger partial charge in [-0.05, 0) is 31.0 Å². The lowest BCUT2D eigenvalue weighted by Crippen LogP contribution is -2.45. The zero-order chi connectivity index (χ0) is 15.1. The minimum Gasteiger partial charge on any atom is -0.410 e. The van der Waals surface area contributed by atoms with Gasteiger partial charge in [-0.15, -0.1) is 0 Å². The maximum absolute atomic E-state index is 12.6. The fraction of sp³-hybridized carbons (Fsp3) is 0.500. The summed E-state index contributed by atoms with van der Waals surface area (Å²) in [5.41, 5.74) is 0.916. The number of benzene rings is 1. The highest BCUT2D eigenvalue weighted by Gasteiger charge is 2.42. The summed E-state index contributed by atoms with van der Waals surface area (Å²) < 4.78 is 6.26. The third-order valence-corrected chi connectivity index (χ3v) is 5.07. The molecule has 3 unspecified atom stereocenters. The fourth-order valence-corrected chi connectivity index (χ4v) is 3.80. The van der Waals surface area contributed by atoms with E-state index in [-0.39, 0.29) is 29.8 Å². The first-order chi connectivity index (χ1) is 9.99. The van der Waals surface area contributed by atoms with Crippen LogP contribution >= 0.6 is 15.9 Å². The van der Waals surface area contributed by atoms with Crippen molar-refractivity contribution in [2.45, 2.75) is 32.2 Å². The molecule has 1 amide bonds. The first-order valence-corrected chi connectivity index (χ1v) is 8.06. The van der Waals surface area contributed by atoms with Crippen molar-refractivity contribution in [3.63, 3.8) is 0 Å². The van der Waals surface area contributed by atoms with Gasteiger partial charge in [-0.1, -0.05) is 29.3 Å². The Morgan fingerprint density at radius 3 is 2.81 bits per heavy atom. The van der Waals surface area contributed by atoms with Gasteiger partial charge in [0, 0.05) is 28.9 Å². The summed E-state index contributed by atoms with van der Waals surface area (Å²) in [5.74, 6) is 0.765. The molecule has 1 fully saturated rings. The second-order valence-electron chi connectivity index (χ2n) is 5.95. The molecule has 0 spiro atoms. The molecule has 0 saturated heterocycles. The first kappa shape index (κ1) is 14.6. The molecule has 1 aromatic rings. The Kier molecular flexibility index (Phi) is 3.78. The second kappa shape index (κ2) is 5.44. The predicted octanol–water partition coefficient (Wildman–Crippen LogP) is 3.94. The molecule has 4 nitrogen and oxygen atoms in total. The van der Waals surface area contributed by atoms with E-state index >= 15 is 0 Å². The van der Waals surface area contributed by atoms with Crippen molar-refractivity contribution in [3.8, 4) is 5.75 Å². The third-order valence-electron chi connectivity index (χ3n) is 4.58. The SMILES string of the molecule is CC1CCCC(C2c3cc(Br)ccc3OC(=O)N2C)C1=O. The fourth-order valence-electron chi connectivity index (χ4n) is 3.43. The molecule has 112 valence electrons. The number of carbonyl (C=O) groups excluding carboxylic acids is 2. The number of ether oxygens (including phenoxy) is 1. The Balaban J connectivity index is 2.05. The van der Waals surface area contributed by atoms with Crippen LogP contribution in [0.25, 0.3) is 0 Å². The predicted molar refractivity (Wildman–Crippen MR) is 82.2 cm³/mol. The summed E-state index contributed by atoms with van der Waals surface area (Å²) in [5, 5.41) is 0. The van der Waals surface area contributed by atoms with E-state index in [1.54, 1.807) is 18.0 Å². The van der Waals surface area contributed by atoms with Crippen molar-refractivity contribution in [1.29, 1.82) is 0 Å².